The summed E-state index contributed by atoms with van der Waals surface area (Å²) in [7, 11) is 0. The second kappa shape index (κ2) is 6.51. The largest absolute Gasteiger partial charge is 0.492 e. The molecule has 0 radical (unpaired) electrons. The molecule has 124 valence electrons. The van der Waals surface area contributed by atoms with Crippen LogP contribution in [0, 0.1) is 5.92 Å². The van der Waals surface area contributed by atoms with Gasteiger partial charge in [-0.15, -0.1) is 0 Å². The average Bonchev–Trinajstić information content (AvgIpc) is 2.76. The van der Waals surface area contributed by atoms with Crippen molar-refractivity contribution in [1.29, 1.82) is 0 Å². The molecule has 1 N–H and O–H groups in total. The van der Waals surface area contributed by atoms with Crippen LogP contribution in [0.25, 0.3) is 0 Å². The van der Waals surface area contributed by atoms with E-state index < -0.39 is 5.54 Å². The number of benzene rings is 1. The molecule has 23 heavy (non-hydrogen) atoms. The van der Waals surface area contributed by atoms with Gasteiger partial charge < -0.3 is 10.1 Å². The highest BCUT2D eigenvalue weighted by Crippen LogP contribution is 2.36. The van der Waals surface area contributed by atoms with Crippen LogP contribution in [-0.2, 0) is 4.79 Å². The lowest BCUT2D eigenvalue weighted by molar-refractivity contribution is -0.132. The quantitative estimate of drug-likeness (QED) is 0.814. The van der Waals surface area contributed by atoms with Crippen LogP contribution in [0.4, 0.5) is 4.79 Å². The molecular formula is C17H21BrN2O3. The van der Waals surface area contributed by atoms with E-state index in [9.17, 15) is 9.59 Å². The maximum absolute atomic E-state index is 12.7. The van der Waals surface area contributed by atoms with Crippen molar-refractivity contribution in [3.63, 3.8) is 0 Å². The molecular weight excluding hydrogens is 360 g/mol. The zero-order valence-electron chi connectivity index (χ0n) is 13.2. The van der Waals surface area contributed by atoms with Crippen molar-refractivity contribution in [1.82, 2.24) is 10.2 Å². The van der Waals surface area contributed by atoms with Gasteiger partial charge in [-0.1, -0.05) is 22.9 Å². The molecule has 1 spiro atoms. The van der Waals surface area contributed by atoms with Crippen LogP contribution < -0.4 is 10.1 Å². The van der Waals surface area contributed by atoms with Crippen LogP contribution >= 0.6 is 15.9 Å². The molecule has 1 saturated heterocycles. The number of ether oxygens (including phenoxy) is 1. The third kappa shape index (κ3) is 3.37. The number of urea groups is 1. The second-order valence-corrected chi connectivity index (χ2v) is 7.37. The number of rotatable bonds is 4. The number of imide groups is 1. The first kappa shape index (κ1) is 16.3. The Balaban J connectivity index is 1.57. The fraction of sp³-hybridized carbons (Fsp3) is 0.529. The van der Waals surface area contributed by atoms with E-state index in [1.807, 2.05) is 24.3 Å². The van der Waals surface area contributed by atoms with E-state index in [0.717, 1.165) is 35.9 Å². The minimum absolute atomic E-state index is 0.0891. The molecule has 1 aliphatic heterocycles. The van der Waals surface area contributed by atoms with Crippen molar-refractivity contribution in [2.75, 3.05) is 13.2 Å². The lowest BCUT2D eigenvalue weighted by Crippen LogP contribution is -2.49. The molecule has 0 unspecified atom stereocenters. The number of halogens is 1. The van der Waals surface area contributed by atoms with E-state index in [0.29, 0.717) is 12.5 Å². The number of hydrogen-bond acceptors (Lipinski definition) is 3. The first-order valence-electron chi connectivity index (χ1n) is 8.03. The van der Waals surface area contributed by atoms with Crippen molar-refractivity contribution < 1.29 is 14.3 Å². The van der Waals surface area contributed by atoms with E-state index in [1.165, 1.54) is 4.90 Å². The third-order valence-corrected chi connectivity index (χ3v) is 5.30. The van der Waals surface area contributed by atoms with E-state index in [1.54, 1.807) is 0 Å². The number of nitrogens with one attached hydrogen (secondary N) is 1. The summed E-state index contributed by atoms with van der Waals surface area (Å²) in [6, 6.07) is 7.19. The standard InChI is InChI=1S/C17H21BrN2O3/c1-12-6-8-17(9-7-12)15(21)20(16(22)19-17)10-11-23-14-4-2-13(18)3-5-14/h2-5,12H,6-11H2,1H3,(H,19,22). The van der Waals surface area contributed by atoms with Crippen LogP contribution in [0.5, 0.6) is 5.75 Å². The minimum Gasteiger partial charge on any atom is -0.492 e. The fourth-order valence-corrected chi connectivity index (χ4v) is 3.52. The molecule has 5 nitrogen and oxygen atoms in total. The fourth-order valence-electron chi connectivity index (χ4n) is 3.26. The Morgan fingerprint density at radius 1 is 1.26 bits per heavy atom. The SMILES string of the molecule is CC1CCC2(CC1)NC(=O)N(CCOc1ccc(Br)cc1)C2=O. The van der Waals surface area contributed by atoms with E-state index in [2.05, 4.69) is 28.2 Å². The minimum atomic E-state index is -0.665. The maximum atomic E-state index is 12.7. The van der Waals surface area contributed by atoms with Gasteiger partial charge in [0.25, 0.3) is 5.91 Å². The summed E-state index contributed by atoms with van der Waals surface area (Å²) in [5.41, 5.74) is -0.665. The second-order valence-electron chi connectivity index (χ2n) is 6.45. The van der Waals surface area contributed by atoms with Crippen molar-refractivity contribution >= 4 is 27.9 Å². The van der Waals surface area contributed by atoms with Gasteiger partial charge in [0.2, 0.25) is 0 Å². The predicted molar refractivity (Wildman–Crippen MR) is 90.2 cm³/mol. The Morgan fingerprint density at radius 3 is 2.57 bits per heavy atom. The highest BCUT2D eigenvalue weighted by molar-refractivity contribution is 9.10. The van der Waals surface area contributed by atoms with Gasteiger partial charge in [-0.05, 0) is 55.9 Å². The molecule has 1 aromatic carbocycles. The number of carbonyl (C=O) groups excluding carboxylic acids is 2. The molecule has 2 aliphatic rings. The van der Waals surface area contributed by atoms with Gasteiger partial charge in [0.05, 0.1) is 6.54 Å². The summed E-state index contributed by atoms with van der Waals surface area (Å²) in [5, 5.41) is 2.92. The number of hydrogen-bond donors (Lipinski definition) is 1. The Labute approximate surface area is 144 Å². The van der Waals surface area contributed by atoms with Gasteiger partial charge in [-0.3, -0.25) is 9.69 Å². The maximum Gasteiger partial charge on any atom is 0.325 e. The number of carbonyl (C=O) groups is 2. The first-order chi connectivity index (χ1) is 11.0. The Bertz CT molecular complexity index is 594. The highest BCUT2D eigenvalue weighted by atomic mass is 79.9. The van der Waals surface area contributed by atoms with Crippen molar-refractivity contribution in [2.24, 2.45) is 5.92 Å². The molecule has 3 amide bonds. The van der Waals surface area contributed by atoms with Crippen LogP contribution in [0.1, 0.15) is 32.6 Å². The van der Waals surface area contributed by atoms with Crippen LogP contribution in [0.15, 0.2) is 28.7 Å². The van der Waals surface area contributed by atoms with Crippen molar-refractivity contribution in [2.45, 2.75) is 38.1 Å². The molecule has 3 rings (SSSR count). The summed E-state index contributed by atoms with van der Waals surface area (Å²) >= 11 is 3.37. The van der Waals surface area contributed by atoms with E-state index in [-0.39, 0.29) is 18.5 Å². The summed E-state index contributed by atoms with van der Waals surface area (Å²) < 4.78 is 6.60. The molecule has 6 heteroatoms. The van der Waals surface area contributed by atoms with Gasteiger partial charge >= 0.3 is 6.03 Å². The van der Waals surface area contributed by atoms with Crippen molar-refractivity contribution in [3.05, 3.63) is 28.7 Å². The summed E-state index contributed by atoms with van der Waals surface area (Å²) in [6.45, 7) is 2.77. The van der Waals surface area contributed by atoms with Crippen LogP contribution in [-0.4, -0.2) is 35.5 Å². The average molecular weight is 381 g/mol. The molecule has 1 aromatic rings. The van der Waals surface area contributed by atoms with Gasteiger partial charge in [0.1, 0.15) is 17.9 Å². The Hall–Kier alpha value is -1.56. The first-order valence-corrected chi connectivity index (χ1v) is 8.82. The van der Waals surface area contributed by atoms with Gasteiger partial charge in [-0.25, -0.2) is 4.79 Å². The molecule has 0 aromatic heterocycles. The lowest BCUT2D eigenvalue weighted by Gasteiger charge is -2.33. The van der Waals surface area contributed by atoms with Gasteiger partial charge in [0, 0.05) is 4.47 Å². The lowest BCUT2D eigenvalue weighted by atomic mass is 9.77. The van der Waals surface area contributed by atoms with Gasteiger partial charge in [-0.2, -0.15) is 0 Å². The smallest absolute Gasteiger partial charge is 0.325 e. The zero-order valence-corrected chi connectivity index (χ0v) is 14.8. The van der Waals surface area contributed by atoms with E-state index in [4.69, 9.17) is 4.74 Å². The van der Waals surface area contributed by atoms with Gasteiger partial charge in [0.15, 0.2) is 0 Å². The predicted octanol–water partition coefficient (Wildman–Crippen LogP) is 3.33. The summed E-state index contributed by atoms with van der Waals surface area (Å²) in [6.07, 6.45) is 3.44. The third-order valence-electron chi connectivity index (χ3n) is 4.77. The Kier molecular flexibility index (Phi) is 4.62. The molecule has 0 bridgehead atoms. The molecule has 2 fully saturated rings. The molecule has 1 saturated carbocycles. The summed E-state index contributed by atoms with van der Waals surface area (Å²) in [5.74, 6) is 1.26. The molecule has 1 aliphatic carbocycles. The van der Waals surface area contributed by atoms with Crippen LogP contribution in [0.2, 0.25) is 0 Å². The zero-order chi connectivity index (χ0) is 16.4. The Morgan fingerprint density at radius 2 is 1.91 bits per heavy atom. The monoisotopic (exact) mass is 380 g/mol. The normalized spacial score (nSPS) is 27.4. The van der Waals surface area contributed by atoms with E-state index >= 15 is 0 Å². The van der Waals surface area contributed by atoms with Crippen LogP contribution in [0.3, 0.4) is 0 Å². The number of amides is 3. The number of nitrogens with zero attached hydrogens (tertiary/aromatic N) is 1. The molecule has 0 atom stereocenters. The summed E-state index contributed by atoms with van der Waals surface area (Å²) in [4.78, 5) is 26.1. The molecule has 1 heterocycles. The van der Waals surface area contributed by atoms with Crippen molar-refractivity contribution in [3.8, 4) is 5.75 Å². The topological polar surface area (TPSA) is 58.6 Å². The highest BCUT2D eigenvalue weighted by Gasteiger charge is 2.51.